The van der Waals surface area contributed by atoms with Crippen molar-refractivity contribution in [3.63, 3.8) is 0 Å². The second-order valence-electron chi connectivity index (χ2n) is 5.01. The lowest BCUT2D eigenvalue weighted by Gasteiger charge is -2.20. The van der Waals surface area contributed by atoms with E-state index >= 15 is 0 Å². The Labute approximate surface area is 138 Å². The molecule has 112 valence electrons. The Hall–Kier alpha value is -1.06. The molecule has 0 aromatic heterocycles. The number of rotatable bonds is 4. The maximum absolute atomic E-state index is 13.8. The summed E-state index contributed by atoms with van der Waals surface area (Å²) < 4.78 is 20.3. The van der Waals surface area contributed by atoms with E-state index in [-0.39, 0.29) is 11.2 Å². The van der Waals surface area contributed by atoms with Crippen molar-refractivity contribution in [2.24, 2.45) is 0 Å². The van der Waals surface area contributed by atoms with Gasteiger partial charge in [-0.2, -0.15) is 0 Å². The van der Waals surface area contributed by atoms with E-state index in [0.717, 1.165) is 26.9 Å². The van der Waals surface area contributed by atoms with Crippen LogP contribution < -0.4 is 4.74 Å². The molecule has 4 heteroatoms. The first-order chi connectivity index (χ1) is 9.95. The Morgan fingerprint density at radius 3 is 2.57 bits per heavy atom. The monoisotopic (exact) mass is 370 g/mol. The second kappa shape index (κ2) is 6.80. The molecule has 21 heavy (non-hydrogen) atoms. The van der Waals surface area contributed by atoms with Gasteiger partial charge in [0.15, 0.2) is 0 Å². The third kappa shape index (κ3) is 3.41. The predicted molar refractivity (Wildman–Crippen MR) is 88.9 cm³/mol. The first-order valence-electron chi connectivity index (χ1n) is 6.66. The van der Waals surface area contributed by atoms with Crippen molar-refractivity contribution in [3.8, 4) is 5.75 Å². The molecule has 0 amide bonds. The van der Waals surface area contributed by atoms with Crippen molar-refractivity contribution in [2.45, 2.75) is 25.6 Å². The maximum Gasteiger partial charge on any atom is 0.126 e. The van der Waals surface area contributed by atoms with Crippen molar-refractivity contribution in [1.82, 2.24) is 0 Å². The maximum atomic E-state index is 13.8. The quantitative estimate of drug-likeness (QED) is 0.623. The Kier molecular flexibility index (Phi) is 5.28. The minimum Gasteiger partial charge on any atom is -0.496 e. The average molecular weight is 372 g/mol. The second-order valence-corrected chi connectivity index (χ2v) is 6.39. The summed E-state index contributed by atoms with van der Waals surface area (Å²) in [6, 6.07) is 8.71. The highest BCUT2D eigenvalue weighted by Gasteiger charge is 2.21. The molecule has 1 nitrogen and oxygen atoms in total. The van der Waals surface area contributed by atoms with Crippen LogP contribution in [0.5, 0.6) is 5.75 Å². The zero-order chi connectivity index (χ0) is 15.6. The Morgan fingerprint density at radius 2 is 1.95 bits per heavy atom. The SMILES string of the molecule is COc1c(C)cc(Br)c(C)c1C(Cl)Cc1ccccc1F. The summed E-state index contributed by atoms with van der Waals surface area (Å²) in [6.07, 6.45) is 0.418. The number of methoxy groups -OCH3 is 1. The van der Waals surface area contributed by atoms with Crippen LogP contribution in [0.15, 0.2) is 34.8 Å². The van der Waals surface area contributed by atoms with Gasteiger partial charge in [0, 0.05) is 10.0 Å². The summed E-state index contributed by atoms with van der Waals surface area (Å²) >= 11 is 10.1. The summed E-state index contributed by atoms with van der Waals surface area (Å²) in [5.74, 6) is 0.540. The van der Waals surface area contributed by atoms with Gasteiger partial charge in [-0.05, 0) is 49.1 Å². The number of benzene rings is 2. The fourth-order valence-corrected chi connectivity index (χ4v) is 3.47. The van der Waals surface area contributed by atoms with E-state index in [9.17, 15) is 4.39 Å². The molecule has 0 N–H and O–H groups in total. The largest absolute Gasteiger partial charge is 0.496 e. The Balaban J connectivity index is 2.44. The highest BCUT2D eigenvalue weighted by Crippen LogP contribution is 2.40. The van der Waals surface area contributed by atoms with Gasteiger partial charge >= 0.3 is 0 Å². The average Bonchev–Trinajstić information content (AvgIpc) is 2.44. The van der Waals surface area contributed by atoms with Crippen LogP contribution in [0.2, 0.25) is 0 Å². The third-order valence-corrected chi connectivity index (χ3v) is 4.78. The summed E-state index contributed by atoms with van der Waals surface area (Å²) in [5, 5.41) is -0.354. The number of hydrogen-bond donors (Lipinski definition) is 0. The fourth-order valence-electron chi connectivity index (χ4n) is 2.48. The topological polar surface area (TPSA) is 9.23 Å². The van der Waals surface area contributed by atoms with Crippen LogP contribution in [0.1, 0.15) is 27.6 Å². The molecule has 0 saturated heterocycles. The van der Waals surface area contributed by atoms with Gasteiger partial charge < -0.3 is 4.74 Å². The minimum absolute atomic E-state index is 0.230. The number of ether oxygens (including phenoxy) is 1. The lowest BCUT2D eigenvalue weighted by Crippen LogP contribution is -2.05. The zero-order valence-corrected chi connectivity index (χ0v) is 14.6. The lowest BCUT2D eigenvalue weighted by molar-refractivity contribution is 0.405. The molecule has 2 rings (SSSR count). The van der Waals surface area contributed by atoms with Gasteiger partial charge in [0.1, 0.15) is 11.6 Å². The number of aryl methyl sites for hydroxylation is 1. The van der Waals surface area contributed by atoms with Crippen molar-refractivity contribution < 1.29 is 9.13 Å². The van der Waals surface area contributed by atoms with Crippen molar-refractivity contribution in [3.05, 3.63) is 62.9 Å². The molecule has 0 radical (unpaired) electrons. The molecule has 0 heterocycles. The standard InChI is InChI=1S/C17H17BrClFO/c1-10-8-13(18)11(2)16(17(10)21-3)14(19)9-12-6-4-5-7-15(12)20/h4-8,14H,9H2,1-3H3. The molecule has 0 aliphatic heterocycles. The van der Waals surface area contributed by atoms with Gasteiger partial charge in [0.25, 0.3) is 0 Å². The first-order valence-corrected chi connectivity index (χ1v) is 7.89. The molecule has 0 aliphatic rings. The summed E-state index contributed by atoms with van der Waals surface area (Å²) in [6.45, 7) is 3.96. The van der Waals surface area contributed by atoms with Gasteiger partial charge in [0.05, 0.1) is 12.5 Å². The van der Waals surface area contributed by atoms with Crippen LogP contribution in [0.4, 0.5) is 4.39 Å². The van der Waals surface area contributed by atoms with E-state index in [2.05, 4.69) is 15.9 Å². The number of alkyl halides is 1. The molecule has 0 bridgehead atoms. The molecule has 0 fully saturated rings. The van der Waals surface area contributed by atoms with E-state index in [1.165, 1.54) is 6.07 Å². The van der Waals surface area contributed by atoms with Gasteiger partial charge in [-0.15, -0.1) is 11.6 Å². The van der Waals surface area contributed by atoms with E-state index in [1.807, 2.05) is 26.0 Å². The number of halogens is 3. The van der Waals surface area contributed by atoms with E-state index in [4.69, 9.17) is 16.3 Å². The van der Waals surface area contributed by atoms with E-state index in [1.54, 1.807) is 19.2 Å². The Morgan fingerprint density at radius 1 is 1.29 bits per heavy atom. The molecular weight excluding hydrogens is 355 g/mol. The smallest absolute Gasteiger partial charge is 0.126 e. The van der Waals surface area contributed by atoms with Crippen LogP contribution in [-0.4, -0.2) is 7.11 Å². The molecular formula is C17H17BrClFO. The van der Waals surface area contributed by atoms with E-state index in [0.29, 0.717) is 12.0 Å². The van der Waals surface area contributed by atoms with Crippen LogP contribution in [0.25, 0.3) is 0 Å². The van der Waals surface area contributed by atoms with Gasteiger partial charge in [-0.3, -0.25) is 0 Å². The molecule has 1 atom stereocenters. The lowest BCUT2D eigenvalue weighted by atomic mass is 9.96. The fraction of sp³-hybridized carbons (Fsp3) is 0.294. The molecule has 1 unspecified atom stereocenters. The minimum atomic E-state index is -0.354. The molecule has 2 aromatic rings. The summed E-state index contributed by atoms with van der Waals surface area (Å²) in [5.41, 5.74) is 3.55. The van der Waals surface area contributed by atoms with Crippen LogP contribution in [0.3, 0.4) is 0 Å². The van der Waals surface area contributed by atoms with Crippen LogP contribution >= 0.6 is 27.5 Å². The zero-order valence-electron chi connectivity index (χ0n) is 12.2. The Bertz CT molecular complexity index is 657. The highest BCUT2D eigenvalue weighted by atomic mass is 79.9. The van der Waals surface area contributed by atoms with Crippen molar-refractivity contribution >= 4 is 27.5 Å². The normalized spacial score (nSPS) is 12.3. The van der Waals surface area contributed by atoms with Crippen molar-refractivity contribution in [1.29, 1.82) is 0 Å². The van der Waals surface area contributed by atoms with Gasteiger partial charge in [0.2, 0.25) is 0 Å². The van der Waals surface area contributed by atoms with Crippen LogP contribution in [-0.2, 0) is 6.42 Å². The third-order valence-electron chi connectivity index (χ3n) is 3.58. The molecule has 2 aromatic carbocycles. The summed E-state index contributed by atoms with van der Waals surface area (Å²) in [4.78, 5) is 0. The first kappa shape index (κ1) is 16.3. The van der Waals surface area contributed by atoms with Gasteiger partial charge in [-0.1, -0.05) is 34.1 Å². The van der Waals surface area contributed by atoms with Crippen LogP contribution in [0, 0.1) is 19.7 Å². The molecule has 0 aliphatic carbocycles. The molecule has 0 saturated carbocycles. The summed E-state index contributed by atoms with van der Waals surface area (Å²) in [7, 11) is 1.63. The number of hydrogen-bond acceptors (Lipinski definition) is 1. The van der Waals surface area contributed by atoms with Crippen molar-refractivity contribution in [2.75, 3.05) is 7.11 Å². The van der Waals surface area contributed by atoms with E-state index < -0.39 is 0 Å². The van der Waals surface area contributed by atoms with Gasteiger partial charge in [-0.25, -0.2) is 4.39 Å². The molecule has 0 spiro atoms. The predicted octanol–water partition coefficient (Wildman–Crippen LogP) is 5.74. The highest BCUT2D eigenvalue weighted by molar-refractivity contribution is 9.10.